The Labute approximate surface area is 179 Å². The van der Waals surface area contributed by atoms with Gasteiger partial charge in [0.2, 0.25) is 0 Å². The molecular weight excluding hydrogens is 380 g/mol. The van der Waals surface area contributed by atoms with Crippen LogP contribution in [0.5, 0.6) is 23.0 Å². The molecule has 2 aromatic rings. The van der Waals surface area contributed by atoms with Crippen molar-refractivity contribution >= 4 is 11.9 Å². The molecule has 0 aliphatic carbocycles. The quantitative estimate of drug-likeness (QED) is 0.329. The minimum absolute atomic E-state index is 0.165. The second-order valence-electron chi connectivity index (χ2n) is 6.43. The summed E-state index contributed by atoms with van der Waals surface area (Å²) < 4.78 is 23.0. The highest BCUT2D eigenvalue weighted by molar-refractivity contribution is 6.09. The molecule has 0 fully saturated rings. The minimum atomic E-state index is -0.165. The number of hydrogen-bond acceptors (Lipinski definition) is 5. The Kier molecular flexibility index (Phi) is 9.26. The Bertz CT molecular complexity index is 870. The maximum atomic E-state index is 13.0. The van der Waals surface area contributed by atoms with Gasteiger partial charge in [0.15, 0.2) is 28.8 Å². The number of ether oxygens (including phenoxy) is 4. The first-order valence-electron chi connectivity index (χ1n) is 10.6. The number of para-hydroxylation sites is 1. The van der Waals surface area contributed by atoms with Crippen molar-refractivity contribution in [1.29, 1.82) is 0 Å². The fraction of sp³-hybridized carbons (Fsp3) is 0.400. The van der Waals surface area contributed by atoms with Crippen LogP contribution in [0.3, 0.4) is 0 Å². The molecule has 0 amide bonds. The molecule has 0 unspecified atom stereocenters. The summed E-state index contributed by atoms with van der Waals surface area (Å²) in [5.74, 6) is 2.22. The molecule has 30 heavy (non-hydrogen) atoms. The highest BCUT2D eigenvalue weighted by atomic mass is 16.5. The molecule has 0 aliphatic rings. The van der Waals surface area contributed by atoms with Crippen LogP contribution in [0.25, 0.3) is 6.08 Å². The summed E-state index contributed by atoms with van der Waals surface area (Å²) in [5.41, 5.74) is 2.39. The maximum Gasteiger partial charge on any atom is 0.189 e. The van der Waals surface area contributed by atoms with Gasteiger partial charge in [-0.05, 0) is 76.1 Å². The fourth-order valence-electron chi connectivity index (χ4n) is 3.10. The molecule has 2 aromatic carbocycles. The van der Waals surface area contributed by atoms with Crippen molar-refractivity contribution in [3.63, 3.8) is 0 Å². The van der Waals surface area contributed by atoms with E-state index < -0.39 is 0 Å². The van der Waals surface area contributed by atoms with E-state index in [0.717, 1.165) is 17.5 Å². The number of benzene rings is 2. The normalized spacial score (nSPS) is 10.8. The molecule has 0 bridgehead atoms. The van der Waals surface area contributed by atoms with Crippen LogP contribution in [0.2, 0.25) is 0 Å². The van der Waals surface area contributed by atoms with Gasteiger partial charge in [-0.2, -0.15) is 0 Å². The number of ketones is 1. The van der Waals surface area contributed by atoms with Gasteiger partial charge in [-0.3, -0.25) is 4.79 Å². The summed E-state index contributed by atoms with van der Waals surface area (Å²) in [7, 11) is 0. The summed E-state index contributed by atoms with van der Waals surface area (Å²) >= 11 is 0. The van der Waals surface area contributed by atoms with Crippen LogP contribution in [-0.2, 0) is 6.42 Å². The SMILES string of the molecule is CCOc1cc(CC)cc(/C=C/C(=O)c2cccc(OCC)c2OCC)c1OCC. The lowest BCUT2D eigenvalue weighted by atomic mass is 10.0. The first-order chi connectivity index (χ1) is 14.6. The Morgan fingerprint density at radius 1 is 0.800 bits per heavy atom. The van der Waals surface area contributed by atoms with Crippen LogP contribution in [0.1, 0.15) is 56.1 Å². The van der Waals surface area contributed by atoms with Crippen LogP contribution in [0.15, 0.2) is 36.4 Å². The number of aryl methyl sites for hydroxylation is 1. The van der Waals surface area contributed by atoms with Crippen LogP contribution >= 0.6 is 0 Å². The highest BCUT2D eigenvalue weighted by Crippen LogP contribution is 2.35. The van der Waals surface area contributed by atoms with E-state index >= 15 is 0 Å². The Morgan fingerprint density at radius 3 is 2.07 bits per heavy atom. The van der Waals surface area contributed by atoms with E-state index in [2.05, 4.69) is 6.92 Å². The lowest BCUT2D eigenvalue weighted by Gasteiger charge is -2.15. The van der Waals surface area contributed by atoms with E-state index in [9.17, 15) is 4.79 Å². The number of carbonyl (C=O) groups excluding carboxylic acids is 1. The molecule has 0 heterocycles. The Hall–Kier alpha value is -2.95. The van der Waals surface area contributed by atoms with Gasteiger partial charge in [0.25, 0.3) is 0 Å². The third kappa shape index (κ3) is 5.78. The molecular formula is C25H32O5. The summed E-state index contributed by atoms with van der Waals surface area (Å²) in [6, 6.07) is 9.37. The number of carbonyl (C=O) groups is 1. The van der Waals surface area contributed by atoms with Gasteiger partial charge in [-0.25, -0.2) is 0 Å². The molecule has 0 saturated carbocycles. The average Bonchev–Trinajstić information content (AvgIpc) is 2.75. The number of hydrogen-bond donors (Lipinski definition) is 0. The van der Waals surface area contributed by atoms with E-state index in [-0.39, 0.29) is 5.78 Å². The van der Waals surface area contributed by atoms with Crippen LogP contribution in [0.4, 0.5) is 0 Å². The van der Waals surface area contributed by atoms with Crippen LogP contribution < -0.4 is 18.9 Å². The molecule has 0 saturated heterocycles. The van der Waals surface area contributed by atoms with Crippen molar-refractivity contribution in [2.45, 2.75) is 41.0 Å². The summed E-state index contributed by atoms with van der Waals surface area (Å²) in [4.78, 5) is 13.0. The summed E-state index contributed by atoms with van der Waals surface area (Å²) in [5, 5.41) is 0. The lowest BCUT2D eigenvalue weighted by molar-refractivity contribution is 0.104. The monoisotopic (exact) mass is 412 g/mol. The molecule has 0 aromatic heterocycles. The third-order valence-electron chi connectivity index (χ3n) is 4.39. The van der Waals surface area contributed by atoms with Crippen molar-refractivity contribution in [3.8, 4) is 23.0 Å². The summed E-state index contributed by atoms with van der Waals surface area (Å²) in [6.45, 7) is 11.7. The molecule has 0 aliphatic heterocycles. The summed E-state index contributed by atoms with van der Waals surface area (Å²) in [6.07, 6.45) is 4.17. The van der Waals surface area contributed by atoms with Crippen molar-refractivity contribution in [3.05, 3.63) is 53.1 Å². The fourth-order valence-corrected chi connectivity index (χ4v) is 3.10. The number of allylic oxidation sites excluding steroid dienone is 1. The van der Waals surface area contributed by atoms with Gasteiger partial charge in [-0.15, -0.1) is 0 Å². The van der Waals surface area contributed by atoms with E-state index in [1.165, 1.54) is 0 Å². The third-order valence-corrected chi connectivity index (χ3v) is 4.39. The van der Waals surface area contributed by atoms with Gasteiger partial charge in [0.05, 0.1) is 32.0 Å². The minimum Gasteiger partial charge on any atom is -0.490 e. The lowest BCUT2D eigenvalue weighted by Crippen LogP contribution is -2.05. The zero-order valence-corrected chi connectivity index (χ0v) is 18.6. The van der Waals surface area contributed by atoms with E-state index in [1.807, 2.05) is 39.8 Å². The molecule has 0 radical (unpaired) electrons. The van der Waals surface area contributed by atoms with Gasteiger partial charge in [0, 0.05) is 5.56 Å². The molecule has 0 N–H and O–H groups in total. The highest BCUT2D eigenvalue weighted by Gasteiger charge is 2.16. The molecule has 0 spiro atoms. The number of rotatable bonds is 12. The van der Waals surface area contributed by atoms with Crippen molar-refractivity contribution in [2.75, 3.05) is 26.4 Å². The van der Waals surface area contributed by atoms with Gasteiger partial charge >= 0.3 is 0 Å². The van der Waals surface area contributed by atoms with Crippen molar-refractivity contribution in [1.82, 2.24) is 0 Å². The molecule has 5 nitrogen and oxygen atoms in total. The smallest absolute Gasteiger partial charge is 0.189 e. The molecule has 5 heteroatoms. The van der Waals surface area contributed by atoms with Crippen LogP contribution in [0, 0.1) is 0 Å². The molecule has 162 valence electrons. The predicted molar refractivity (Wildman–Crippen MR) is 120 cm³/mol. The second kappa shape index (κ2) is 11.9. The molecule has 2 rings (SSSR count). The topological polar surface area (TPSA) is 54.0 Å². The van der Waals surface area contributed by atoms with E-state index in [4.69, 9.17) is 18.9 Å². The first-order valence-corrected chi connectivity index (χ1v) is 10.6. The van der Waals surface area contributed by atoms with Gasteiger partial charge in [-0.1, -0.05) is 13.0 Å². The Morgan fingerprint density at radius 2 is 1.43 bits per heavy atom. The van der Waals surface area contributed by atoms with E-state index in [0.29, 0.717) is 55.0 Å². The average molecular weight is 413 g/mol. The van der Waals surface area contributed by atoms with Crippen LogP contribution in [-0.4, -0.2) is 32.2 Å². The van der Waals surface area contributed by atoms with E-state index in [1.54, 1.807) is 30.4 Å². The van der Waals surface area contributed by atoms with Gasteiger partial charge in [0.1, 0.15) is 0 Å². The largest absolute Gasteiger partial charge is 0.490 e. The Balaban J connectivity index is 2.45. The van der Waals surface area contributed by atoms with Gasteiger partial charge < -0.3 is 18.9 Å². The standard InChI is InChI=1S/C25H32O5/c1-6-18-16-19(24(29-9-4)23(17-18)28-8-3)14-15-21(26)20-12-11-13-22(27-7-2)25(20)30-10-5/h11-17H,6-10H2,1-5H3/b15-14+. The second-order valence-corrected chi connectivity index (χ2v) is 6.43. The zero-order chi connectivity index (χ0) is 21.9. The molecule has 0 atom stereocenters. The first kappa shape index (κ1) is 23.3. The van der Waals surface area contributed by atoms with Crippen molar-refractivity contribution < 1.29 is 23.7 Å². The predicted octanol–water partition coefficient (Wildman–Crippen LogP) is 5.74. The van der Waals surface area contributed by atoms with Crippen molar-refractivity contribution in [2.24, 2.45) is 0 Å². The zero-order valence-electron chi connectivity index (χ0n) is 18.6. The maximum absolute atomic E-state index is 13.0.